The van der Waals surface area contributed by atoms with Gasteiger partial charge in [0.25, 0.3) is 5.91 Å². The number of carbonyl (C=O) groups is 1. The Morgan fingerprint density at radius 2 is 2.06 bits per heavy atom. The first kappa shape index (κ1) is 22.7. The number of aromatic nitrogens is 1. The van der Waals surface area contributed by atoms with E-state index in [0.29, 0.717) is 18.3 Å². The van der Waals surface area contributed by atoms with Crippen molar-refractivity contribution in [2.75, 3.05) is 19.7 Å². The van der Waals surface area contributed by atoms with Crippen molar-refractivity contribution in [2.24, 2.45) is 10.1 Å². The lowest BCUT2D eigenvalue weighted by molar-refractivity contribution is -0.114. The molecule has 1 fully saturated rings. The van der Waals surface area contributed by atoms with Crippen molar-refractivity contribution in [1.29, 1.82) is 5.41 Å². The van der Waals surface area contributed by atoms with Crippen molar-refractivity contribution in [3.63, 3.8) is 0 Å². The van der Waals surface area contributed by atoms with Gasteiger partial charge in [0.1, 0.15) is 5.75 Å². The summed E-state index contributed by atoms with van der Waals surface area (Å²) in [5.74, 6) is 0.450. The molecule has 4 heterocycles. The highest BCUT2D eigenvalue weighted by Crippen LogP contribution is 2.31. The van der Waals surface area contributed by atoms with Gasteiger partial charge in [-0.2, -0.15) is 10.0 Å². The molecule has 1 amide bonds. The van der Waals surface area contributed by atoms with E-state index in [4.69, 9.17) is 21.7 Å². The average molecular weight is 497 g/mol. The highest BCUT2D eigenvalue weighted by atomic mass is 35.5. The van der Waals surface area contributed by atoms with E-state index in [-0.39, 0.29) is 11.4 Å². The van der Waals surface area contributed by atoms with Gasteiger partial charge in [0.15, 0.2) is 11.0 Å². The number of hydrazone groups is 1. The Labute approximate surface area is 207 Å². The Hall–Kier alpha value is -3.04. The molecule has 2 aromatic rings. The first-order chi connectivity index (χ1) is 16.5. The number of aliphatic imine (C=N–C) groups is 1. The highest BCUT2D eigenvalue weighted by molar-refractivity contribution is 8.26. The molecule has 3 aliphatic rings. The second kappa shape index (κ2) is 9.68. The number of rotatable bonds is 6. The molecular formula is C24H25ClN6O2S. The van der Waals surface area contributed by atoms with E-state index in [1.807, 2.05) is 48.0 Å². The molecule has 10 heteroatoms. The predicted molar refractivity (Wildman–Crippen MR) is 137 cm³/mol. The summed E-state index contributed by atoms with van der Waals surface area (Å²) in [4.78, 5) is 19.1. The minimum atomic E-state index is -0.407. The molecule has 5 rings (SSSR count). The number of aryl methyl sites for hydroxylation is 2. The second-order valence-corrected chi connectivity index (χ2v) is 9.68. The summed E-state index contributed by atoms with van der Waals surface area (Å²) in [6.45, 7) is 5.12. The van der Waals surface area contributed by atoms with E-state index in [1.165, 1.54) is 16.8 Å². The van der Waals surface area contributed by atoms with Gasteiger partial charge in [0.2, 0.25) is 5.17 Å². The number of nitrogens with one attached hydrogen (secondary N) is 1. The maximum atomic E-state index is 12.7. The van der Waals surface area contributed by atoms with Crippen LogP contribution >= 0.6 is 23.4 Å². The Balaban J connectivity index is 1.24. The van der Waals surface area contributed by atoms with Crippen LogP contribution in [0.1, 0.15) is 30.5 Å². The van der Waals surface area contributed by atoms with E-state index in [2.05, 4.69) is 15.0 Å². The first-order valence-electron chi connectivity index (χ1n) is 11.3. The maximum Gasteiger partial charge on any atom is 0.283 e. The monoisotopic (exact) mass is 496 g/mol. The van der Waals surface area contributed by atoms with E-state index in [1.54, 1.807) is 6.08 Å². The van der Waals surface area contributed by atoms with Crippen LogP contribution in [0.3, 0.4) is 0 Å². The van der Waals surface area contributed by atoms with Crippen LogP contribution in [0.2, 0.25) is 5.02 Å². The Bertz CT molecular complexity index is 1230. The fourth-order valence-electron chi connectivity index (χ4n) is 4.06. The zero-order chi connectivity index (χ0) is 23.7. The van der Waals surface area contributed by atoms with Crippen molar-refractivity contribution in [2.45, 2.75) is 32.7 Å². The number of likely N-dealkylation sites (tertiary alicyclic amines) is 1. The number of halogens is 1. The summed E-state index contributed by atoms with van der Waals surface area (Å²) in [7, 11) is 0. The molecule has 0 saturated carbocycles. The number of fused-ring (bicyclic) bond motifs is 1. The number of benzene rings is 1. The molecule has 34 heavy (non-hydrogen) atoms. The number of hydrogen-bond acceptors (Lipinski definition) is 6. The third-order valence-electron chi connectivity index (χ3n) is 5.92. The summed E-state index contributed by atoms with van der Waals surface area (Å²) < 4.78 is 7.89. The first-order valence-corrected chi connectivity index (χ1v) is 12.5. The van der Waals surface area contributed by atoms with Crippen LogP contribution in [-0.2, 0) is 11.3 Å². The Morgan fingerprint density at radius 3 is 2.85 bits per heavy atom. The zero-order valence-corrected chi connectivity index (χ0v) is 20.4. The fraction of sp³-hybridized carbons (Fsp3) is 0.333. The zero-order valence-electron chi connectivity index (χ0n) is 18.8. The van der Waals surface area contributed by atoms with Crippen molar-refractivity contribution < 1.29 is 9.53 Å². The van der Waals surface area contributed by atoms with Gasteiger partial charge in [-0.25, -0.2) is 0 Å². The Kier molecular flexibility index (Phi) is 6.47. The fourth-order valence-corrected chi connectivity index (χ4v) is 5.12. The van der Waals surface area contributed by atoms with Crippen molar-refractivity contribution in [1.82, 2.24) is 14.5 Å². The quantitative estimate of drug-likeness (QED) is 0.467. The highest BCUT2D eigenvalue weighted by Gasteiger charge is 2.37. The third kappa shape index (κ3) is 4.63. The number of carbonyl (C=O) groups excluding carboxylic acids is 1. The van der Waals surface area contributed by atoms with Crippen LogP contribution in [0.25, 0.3) is 6.08 Å². The number of thioether (sulfide) groups is 1. The topological polar surface area (TPSA) is 86.3 Å². The van der Waals surface area contributed by atoms with Crippen LogP contribution in [0.15, 0.2) is 52.2 Å². The van der Waals surface area contributed by atoms with Gasteiger partial charge in [0.05, 0.1) is 12.2 Å². The minimum Gasteiger partial charge on any atom is -0.494 e. The van der Waals surface area contributed by atoms with Gasteiger partial charge in [0, 0.05) is 36.5 Å². The number of amidine groups is 3. The summed E-state index contributed by atoms with van der Waals surface area (Å²) in [5, 5.41) is 16.6. The maximum absolute atomic E-state index is 12.7. The summed E-state index contributed by atoms with van der Waals surface area (Å²) in [6.07, 6.45) is 6.73. The molecule has 0 aliphatic carbocycles. The van der Waals surface area contributed by atoms with Gasteiger partial charge in [-0.05, 0) is 79.9 Å². The molecule has 3 aliphatic heterocycles. The van der Waals surface area contributed by atoms with E-state index in [9.17, 15) is 4.79 Å². The largest absolute Gasteiger partial charge is 0.494 e. The molecule has 1 N–H and O–H groups in total. The van der Waals surface area contributed by atoms with Crippen LogP contribution in [0, 0.1) is 12.3 Å². The van der Waals surface area contributed by atoms with Gasteiger partial charge >= 0.3 is 0 Å². The lowest BCUT2D eigenvalue weighted by atomic mass is 10.1. The lowest BCUT2D eigenvalue weighted by Gasteiger charge is -2.20. The summed E-state index contributed by atoms with van der Waals surface area (Å²) >= 11 is 7.43. The molecule has 0 spiro atoms. The number of hydrogen-bond donors (Lipinski definition) is 1. The van der Waals surface area contributed by atoms with Gasteiger partial charge in [-0.1, -0.05) is 11.6 Å². The van der Waals surface area contributed by atoms with E-state index < -0.39 is 5.91 Å². The molecule has 0 atom stereocenters. The van der Waals surface area contributed by atoms with E-state index in [0.717, 1.165) is 59.5 Å². The molecule has 0 bridgehead atoms. The third-order valence-corrected chi connectivity index (χ3v) is 7.31. The molecule has 176 valence electrons. The van der Waals surface area contributed by atoms with Crippen LogP contribution in [-0.4, -0.2) is 56.3 Å². The lowest BCUT2D eigenvalue weighted by Crippen LogP contribution is -2.35. The van der Waals surface area contributed by atoms with Gasteiger partial charge in [-0.15, -0.1) is 5.10 Å². The van der Waals surface area contributed by atoms with E-state index >= 15 is 0 Å². The van der Waals surface area contributed by atoms with Crippen LogP contribution < -0.4 is 4.74 Å². The van der Waals surface area contributed by atoms with Crippen molar-refractivity contribution in [3.8, 4) is 5.75 Å². The van der Waals surface area contributed by atoms with Crippen LogP contribution in [0.5, 0.6) is 5.75 Å². The molecule has 1 aromatic carbocycles. The average Bonchev–Trinajstić information content (AvgIpc) is 3.57. The summed E-state index contributed by atoms with van der Waals surface area (Å²) in [5.41, 5.74) is 2.06. The van der Waals surface area contributed by atoms with Gasteiger partial charge in [-0.3, -0.25) is 10.2 Å². The molecule has 1 saturated heterocycles. The molecule has 8 nitrogen and oxygen atoms in total. The number of ether oxygens (including phenoxy) is 1. The molecular weight excluding hydrogens is 472 g/mol. The Morgan fingerprint density at radius 1 is 1.24 bits per heavy atom. The SMILES string of the molecule is Cc1cc(OCCCn2cccc2/C=C2/C(=N)N3N=C(N4CCCC4)SC3=NC2=O)ccc1Cl. The summed E-state index contributed by atoms with van der Waals surface area (Å²) in [6, 6.07) is 9.48. The molecule has 0 radical (unpaired) electrons. The number of amides is 1. The van der Waals surface area contributed by atoms with Crippen LogP contribution in [0.4, 0.5) is 0 Å². The normalized spacial score (nSPS) is 19.1. The van der Waals surface area contributed by atoms with Gasteiger partial charge < -0.3 is 14.2 Å². The second-order valence-electron chi connectivity index (χ2n) is 8.34. The van der Waals surface area contributed by atoms with Crippen molar-refractivity contribution >= 4 is 51.5 Å². The predicted octanol–water partition coefficient (Wildman–Crippen LogP) is 4.59. The smallest absolute Gasteiger partial charge is 0.283 e. The number of nitrogens with zero attached hydrogens (tertiary/aromatic N) is 5. The van der Waals surface area contributed by atoms with Crippen molar-refractivity contribution in [3.05, 3.63) is 58.4 Å². The molecule has 0 unspecified atom stereocenters. The standard InChI is InChI=1S/C24H25ClN6O2S/c1-16-14-18(7-8-20(16)25)33-13-5-12-29-11-4-6-17(29)15-19-21(26)31-23(27-22(19)32)34-24(28-31)30-9-2-3-10-30/h4,6-8,11,14-15,26H,2-3,5,9-10,12-13H2,1H3/b19-15-,26-21?. The minimum absolute atomic E-state index is 0.0610. The molecule has 1 aromatic heterocycles.